The lowest BCUT2D eigenvalue weighted by atomic mass is 9.80. The van der Waals surface area contributed by atoms with Crippen LogP contribution in [0.15, 0.2) is 4.99 Å². The maximum Gasteiger partial charge on any atom is 0.191 e. The van der Waals surface area contributed by atoms with Crippen LogP contribution in [0, 0.1) is 0 Å². The maximum atomic E-state index is 5.57. The van der Waals surface area contributed by atoms with Crippen molar-refractivity contribution in [3.63, 3.8) is 0 Å². The maximum absolute atomic E-state index is 5.57. The van der Waals surface area contributed by atoms with Crippen LogP contribution in [0.5, 0.6) is 0 Å². The van der Waals surface area contributed by atoms with Crippen LogP contribution in [-0.4, -0.2) is 89.8 Å². The first-order valence-electron chi connectivity index (χ1n) is 10.6. The first-order valence-corrected chi connectivity index (χ1v) is 10.6. The molecule has 0 aromatic heterocycles. The Morgan fingerprint density at radius 3 is 2.46 bits per heavy atom. The second kappa shape index (κ2) is 15.6. The van der Waals surface area contributed by atoms with Crippen LogP contribution in [0.1, 0.15) is 44.9 Å². The molecule has 2 rings (SSSR count). The van der Waals surface area contributed by atoms with Crippen LogP contribution in [0.4, 0.5) is 0 Å². The third-order valence-electron chi connectivity index (χ3n) is 5.71. The second-order valence-corrected chi connectivity index (χ2v) is 7.55. The van der Waals surface area contributed by atoms with Crippen molar-refractivity contribution < 1.29 is 14.2 Å². The highest BCUT2D eigenvalue weighted by Crippen LogP contribution is 2.33. The summed E-state index contributed by atoms with van der Waals surface area (Å²) in [5, 5.41) is 7.05. The predicted octanol–water partition coefficient (Wildman–Crippen LogP) is 2.25. The van der Waals surface area contributed by atoms with Crippen molar-refractivity contribution in [1.82, 2.24) is 15.5 Å². The van der Waals surface area contributed by atoms with E-state index < -0.39 is 0 Å². The number of methoxy groups -OCH3 is 1. The molecule has 0 bridgehead atoms. The van der Waals surface area contributed by atoms with Gasteiger partial charge in [0.1, 0.15) is 0 Å². The molecular formula is C20H41IN4O3. The molecule has 8 heteroatoms. The number of unbranched alkanes of at least 4 members (excludes halogenated alkanes) is 1. The SMILES string of the molecule is CN=C(NCCCCOCCOC)NCC1(N2CCOCC2)CCCCC1.I. The van der Waals surface area contributed by atoms with Crippen LogP contribution in [-0.2, 0) is 14.2 Å². The minimum absolute atomic E-state index is 0. The summed E-state index contributed by atoms with van der Waals surface area (Å²) in [6.07, 6.45) is 8.69. The highest BCUT2D eigenvalue weighted by Gasteiger charge is 2.38. The molecule has 0 atom stereocenters. The van der Waals surface area contributed by atoms with Crippen molar-refractivity contribution >= 4 is 29.9 Å². The molecule has 0 unspecified atom stereocenters. The number of hydrogen-bond donors (Lipinski definition) is 2. The van der Waals surface area contributed by atoms with Gasteiger partial charge in [0.15, 0.2) is 5.96 Å². The number of nitrogens with one attached hydrogen (secondary N) is 2. The van der Waals surface area contributed by atoms with Crippen molar-refractivity contribution in [3.8, 4) is 0 Å². The van der Waals surface area contributed by atoms with Gasteiger partial charge in [0.05, 0.1) is 26.4 Å². The Bertz CT molecular complexity index is 414. The van der Waals surface area contributed by atoms with Crippen molar-refractivity contribution in [2.75, 3.05) is 73.4 Å². The number of nitrogens with zero attached hydrogens (tertiary/aromatic N) is 2. The molecule has 7 nitrogen and oxygen atoms in total. The van der Waals surface area contributed by atoms with Gasteiger partial charge in [-0.15, -0.1) is 24.0 Å². The molecular weight excluding hydrogens is 471 g/mol. The predicted molar refractivity (Wildman–Crippen MR) is 125 cm³/mol. The molecule has 28 heavy (non-hydrogen) atoms. The van der Waals surface area contributed by atoms with Gasteiger partial charge in [-0.3, -0.25) is 9.89 Å². The highest BCUT2D eigenvalue weighted by atomic mass is 127. The van der Waals surface area contributed by atoms with E-state index in [1.165, 1.54) is 32.1 Å². The first-order chi connectivity index (χ1) is 13.3. The van der Waals surface area contributed by atoms with Crippen molar-refractivity contribution in [3.05, 3.63) is 0 Å². The number of guanidine groups is 1. The summed E-state index contributed by atoms with van der Waals surface area (Å²) in [6, 6.07) is 0. The third-order valence-corrected chi connectivity index (χ3v) is 5.71. The average Bonchev–Trinajstić information content (AvgIpc) is 2.73. The Balaban J connectivity index is 0.00000392. The smallest absolute Gasteiger partial charge is 0.191 e. The first kappa shape index (κ1) is 25.9. The van der Waals surface area contributed by atoms with E-state index in [1.54, 1.807) is 7.11 Å². The van der Waals surface area contributed by atoms with E-state index in [9.17, 15) is 0 Å². The van der Waals surface area contributed by atoms with Crippen molar-refractivity contribution in [1.29, 1.82) is 0 Å². The van der Waals surface area contributed by atoms with Crippen molar-refractivity contribution in [2.45, 2.75) is 50.5 Å². The Hall–Kier alpha value is -0.160. The number of aliphatic imine (C=N–C) groups is 1. The summed E-state index contributed by atoms with van der Waals surface area (Å²) < 4.78 is 16.0. The highest BCUT2D eigenvalue weighted by molar-refractivity contribution is 14.0. The zero-order valence-corrected chi connectivity index (χ0v) is 20.2. The van der Waals surface area contributed by atoms with E-state index in [1.807, 2.05) is 7.05 Å². The molecule has 2 fully saturated rings. The molecule has 2 aliphatic rings. The van der Waals surface area contributed by atoms with Gasteiger partial charge in [0, 0.05) is 52.5 Å². The standard InChI is InChI=1S/C20H40N4O3.HI/c1-21-19(22-10-6-7-13-26-17-16-25-2)23-18-20(8-4-3-5-9-20)24-11-14-27-15-12-24;/h3-18H2,1-2H3,(H2,21,22,23);1H. The molecule has 2 N–H and O–H groups in total. The Kier molecular flexibility index (Phi) is 14.5. The van der Waals surface area contributed by atoms with E-state index in [-0.39, 0.29) is 29.5 Å². The molecule has 0 spiro atoms. The van der Waals surface area contributed by atoms with Gasteiger partial charge in [0.25, 0.3) is 0 Å². The molecule has 1 heterocycles. The van der Waals surface area contributed by atoms with Gasteiger partial charge in [-0.1, -0.05) is 19.3 Å². The fourth-order valence-corrected chi connectivity index (χ4v) is 4.10. The Morgan fingerprint density at radius 2 is 1.79 bits per heavy atom. The second-order valence-electron chi connectivity index (χ2n) is 7.55. The largest absolute Gasteiger partial charge is 0.382 e. The van der Waals surface area contributed by atoms with E-state index in [0.717, 1.165) is 64.8 Å². The van der Waals surface area contributed by atoms with Crippen molar-refractivity contribution in [2.24, 2.45) is 4.99 Å². The van der Waals surface area contributed by atoms with Crippen LogP contribution < -0.4 is 10.6 Å². The lowest BCUT2D eigenvalue weighted by Crippen LogP contribution is -2.60. The summed E-state index contributed by atoms with van der Waals surface area (Å²) in [5.41, 5.74) is 0.259. The molecule has 166 valence electrons. The molecule has 1 saturated heterocycles. The van der Waals surface area contributed by atoms with Crippen LogP contribution >= 0.6 is 24.0 Å². The summed E-state index contributed by atoms with van der Waals surface area (Å²) in [5.74, 6) is 0.911. The molecule has 1 aliphatic heterocycles. The molecule has 0 amide bonds. The zero-order valence-electron chi connectivity index (χ0n) is 17.8. The normalized spacial score (nSPS) is 20.4. The number of rotatable bonds is 11. The van der Waals surface area contributed by atoms with Crippen LogP contribution in [0.25, 0.3) is 0 Å². The number of halogens is 1. The van der Waals surface area contributed by atoms with E-state index in [2.05, 4.69) is 20.5 Å². The minimum Gasteiger partial charge on any atom is -0.382 e. The fourth-order valence-electron chi connectivity index (χ4n) is 4.10. The van der Waals surface area contributed by atoms with Crippen LogP contribution in [0.3, 0.4) is 0 Å². The average molecular weight is 512 g/mol. The van der Waals surface area contributed by atoms with E-state index in [0.29, 0.717) is 13.2 Å². The molecule has 1 aliphatic carbocycles. The number of hydrogen-bond acceptors (Lipinski definition) is 5. The van der Waals surface area contributed by atoms with Gasteiger partial charge in [-0.2, -0.15) is 0 Å². The molecule has 0 aromatic rings. The number of morpholine rings is 1. The summed E-state index contributed by atoms with van der Waals surface area (Å²) >= 11 is 0. The van der Waals surface area contributed by atoms with Gasteiger partial charge >= 0.3 is 0 Å². The quantitative estimate of drug-likeness (QED) is 0.192. The Morgan fingerprint density at radius 1 is 1.04 bits per heavy atom. The molecule has 0 aromatic carbocycles. The van der Waals surface area contributed by atoms with Gasteiger partial charge < -0.3 is 24.8 Å². The van der Waals surface area contributed by atoms with Crippen LogP contribution in [0.2, 0.25) is 0 Å². The van der Waals surface area contributed by atoms with E-state index >= 15 is 0 Å². The summed E-state index contributed by atoms with van der Waals surface area (Å²) in [4.78, 5) is 7.07. The zero-order chi connectivity index (χ0) is 19.2. The monoisotopic (exact) mass is 512 g/mol. The van der Waals surface area contributed by atoms with Gasteiger partial charge in [-0.05, 0) is 25.7 Å². The molecule has 1 saturated carbocycles. The minimum atomic E-state index is 0. The summed E-state index contributed by atoms with van der Waals surface area (Å²) in [7, 11) is 3.55. The molecule has 0 radical (unpaired) electrons. The Labute approximate surface area is 188 Å². The number of ether oxygens (including phenoxy) is 3. The fraction of sp³-hybridized carbons (Fsp3) is 0.950. The topological polar surface area (TPSA) is 67.4 Å². The van der Waals surface area contributed by atoms with Gasteiger partial charge in [0.2, 0.25) is 0 Å². The third kappa shape index (κ3) is 9.11. The summed E-state index contributed by atoms with van der Waals surface area (Å²) in [6.45, 7) is 7.84. The lowest BCUT2D eigenvalue weighted by Gasteiger charge is -2.48. The van der Waals surface area contributed by atoms with Gasteiger partial charge in [-0.25, -0.2) is 0 Å². The van der Waals surface area contributed by atoms with E-state index in [4.69, 9.17) is 14.2 Å². The lowest BCUT2D eigenvalue weighted by molar-refractivity contribution is -0.0352.